The van der Waals surface area contributed by atoms with Gasteiger partial charge in [0, 0.05) is 6.54 Å². The Morgan fingerprint density at radius 3 is 2.69 bits per heavy atom. The Hall–Kier alpha value is -0.680. The van der Waals surface area contributed by atoms with E-state index in [-0.39, 0.29) is 0 Å². The number of rotatable bonds is 4. The predicted molar refractivity (Wildman–Crippen MR) is 68.0 cm³/mol. The maximum Gasteiger partial charge on any atom is 0.205 e. The largest absolute Gasteiger partial charge is 0.360 e. The standard InChI is InChI=1S/C11H20N4S/c1-3-15-6-4-10(5-7-15)8-12-11-14-13-9(2)16-11/h10H,3-8H2,1-2H3,(H,12,14). The minimum atomic E-state index is 0.798. The summed E-state index contributed by atoms with van der Waals surface area (Å²) >= 11 is 1.64. The topological polar surface area (TPSA) is 41.0 Å². The summed E-state index contributed by atoms with van der Waals surface area (Å²) in [6.07, 6.45) is 2.61. The summed E-state index contributed by atoms with van der Waals surface area (Å²) in [5.74, 6) is 0.798. The average Bonchev–Trinajstić information content (AvgIpc) is 2.73. The van der Waals surface area contributed by atoms with Gasteiger partial charge in [-0.1, -0.05) is 18.3 Å². The van der Waals surface area contributed by atoms with Crippen molar-refractivity contribution in [3.63, 3.8) is 0 Å². The highest BCUT2D eigenvalue weighted by Gasteiger charge is 2.17. The maximum atomic E-state index is 4.08. The molecule has 1 aromatic rings. The van der Waals surface area contributed by atoms with E-state index in [1.54, 1.807) is 11.3 Å². The summed E-state index contributed by atoms with van der Waals surface area (Å²) in [4.78, 5) is 2.52. The van der Waals surface area contributed by atoms with Crippen LogP contribution in [0.15, 0.2) is 0 Å². The zero-order valence-electron chi connectivity index (χ0n) is 10.1. The lowest BCUT2D eigenvalue weighted by Gasteiger charge is -2.30. The molecule has 0 spiro atoms. The molecule has 1 N–H and O–H groups in total. The Morgan fingerprint density at radius 1 is 1.38 bits per heavy atom. The first-order chi connectivity index (χ1) is 7.78. The van der Waals surface area contributed by atoms with Crippen LogP contribution < -0.4 is 5.32 Å². The summed E-state index contributed by atoms with van der Waals surface area (Å²) in [7, 11) is 0. The number of anilines is 1. The summed E-state index contributed by atoms with van der Waals surface area (Å²) in [5.41, 5.74) is 0. The molecule has 90 valence electrons. The molecule has 1 aliphatic rings. The third-order valence-corrected chi connectivity index (χ3v) is 4.02. The molecule has 0 aliphatic carbocycles. The second-order valence-corrected chi connectivity index (χ2v) is 5.57. The number of hydrogen-bond donors (Lipinski definition) is 1. The third-order valence-electron chi connectivity index (χ3n) is 3.22. The Bertz CT molecular complexity index is 318. The molecule has 5 heteroatoms. The second-order valence-electron chi connectivity index (χ2n) is 4.38. The van der Waals surface area contributed by atoms with Gasteiger partial charge in [-0.25, -0.2) is 0 Å². The number of hydrogen-bond acceptors (Lipinski definition) is 5. The van der Waals surface area contributed by atoms with Gasteiger partial charge in [-0.05, 0) is 45.3 Å². The van der Waals surface area contributed by atoms with Crippen molar-refractivity contribution in [1.29, 1.82) is 0 Å². The first-order valence-corrected chi connectivity index (χ1v) is 6.86. The van der Waals surface area contributed by atoms with E-state index < -0.39 is 0 Å². The Kier molecular flexibility index (Phi) is 4.12. The van der Waals surface area contributed by atoms with Crippen molar-refractivity contribution in [3.8, 4) is 0 Å². The average molecular weight is 240 g/mol. The number of nitrogens with one attached hydrogen (secondary N) is 1. The van der Waals surface area contributed by atoms with Gasteiger partial charge in [-0.3, -0.25) is 0 Å². The van der Waals surface area contributed by atoms with Crippen LogP contribution in [-0.4, -0.2) is 41.3 Å². The van der Waals surface area contributed by atoms with Crippen LogP contribution in [-0.2, 0) is 0 Å². The second kappa shape index (κ2) is 5.59. The van der Waals surface area contributed by atoms with E-state index in [0.717, 1.165) is 22.6 Å². The molecular weight excluding hydrogens is 220 g/mol. The molecule has 2 heterocycles. The highest BCUT2D eigenvalue weighted by molar-refractivity contribution is 7.15. The first-order valence-electron chi connectivity index (χ1n) is 6.04. The van der Waals surface area contributed by atoms with Gasteiger partial charge in [0.1, 0.15) is 5.01 Å². The van der Waals surface area contributed by atoms with Gasteiger partial charge in [0.25, 0.3) is 0 Å². The molecule has 0 atom stereocenters. The SMILES string of the molecule is CCN1CCC(CNc2nnc(C)s2)CC1. The Morgan fingerprint density at radius 2 is 2.12 bits per heavy atom. The number of nitrogens with zero attached hydrogens (tertiary/aromatic N) is 3. The van der Waals surface area contributed by atoms with Crippen molar-refractivity contribution in [2.75, 3.05) is 31.5 Å². The zero-order chi connectivity index (χ0) is 11.4. The molecule has 0 saturated carbocycles. The molecular formula is C11H20N4S. The minimum absolute atomic E-state index is 0.798. The van der Waals surface area contributed by atoms with E-state index in [1.165, 1.54) is 32.5 Å². The monoisotopic (exact) mass is 240 g/mol. The number of likely N-dealkylation sites (tertiary alicyclic amines) is 1. The first kappa shape index (κ1) is 11.8. The van der Waals surface area contributed by atoms with E-state index in [4.69, 9.17) is 0 Å². The van der Waals surface area contributed by atoms with E-state index in [2.05, 4.69) is 27.3 Å². The molecule has 1 fully saturated rings. The minimum Gasteiger partial charge on any atom is -0.360 e. The summed E-state index contributed by atoms with van der Waals surface area (Å²) in [6, 6.07) is 0. The maximum absolute atomic E-state index is 4.08. The van der Waals surface area contributed by atoms with E-state index in [1.807, 2.05) is 6.92 Å². The normalized spacial score (nSPS) is 18.9. The lowest BCUT2D eigenvalue weighted by molar-refractivity contribution is 0.198. The number of piperidine rings is 1. The van der Waals surface area contributed by atoms with Gasteiger partial charge in [-0.2, -0.15) is 0 Å². The molecule has 4 nitrogen and oxygen atoms in total. The van der Waals surface area contributed by atoms with Gasteiger partial charge in [0.2, 0.25) is 5.13 Å². The highest BCUT2D eigenvalue weighted by atomic mass is 32.1. The van der Waals surface area contributed by atoms with Gasteiger partial charge in [0.05, 0.1) is 0 Å². The van der Waals surface area contributed by atoms with Crippen molar-refractivity contribution in [3.05, 3.63) is 5.01 Å². The van der Waals surface area contributed by atoms with Crippen LogP contribution in [0, 0.1) is 12.8 Å². The van der Waals surface area contributed by atoms with Gasteiger partial charge in [0.15, 0.2) is 0 Å². The molecule has 0 radical (unpaired) electrons. The van der Waals surface area contributed by atoms with Crippen LogP contribution in [0.3, 0.4) is 0 Å². The lowest BCUT2D eigenvalue weighted by atomic mass is 9.97. The molecule has 1 saturated heterocycles. The smallest absolute Gasteiger partial charge is 0.205 e. The highest BCUT2D eigenvalue weighted by Crippen LogP contribution is 2.19. The molecule has 0 amide bonds. The number of aryl methyl sites for hydroxylation is 1. The fraction of sp³-hybridized carbons (Fsp3) is 0.818. The molecule has 1 aliphatic heterocycles. The molecule has 0 aromatic carbocycles. The van der Waals surface area contributed by atoms with E-state index in [9.17, 15) is 0 Å². The molecule has 2 rings (SSSR count). The van der Waals surface area contributed by atoms with Crippen LogP contribution in [0.4, 0.5) is 5.13 Å². The van der Waals surface area contributed by atoms with Gasteiger partial charge in [-0.15, -0.1) is 10.2 Å². The number of aromatic nitrogens is 2. The van der Waals surface area contributed by atoms with Crippen molar-refractivity contribution in [2.24, 2.45) is 5.92 Å². The van der Waals surface area contributed by atoms with Gasteiger partial charge < -0.3 is 10.2 Å². The molecule has 1 aromatic heterocycles. The molecule has 16 heavy (non-hydrogen) atoms. The summed E-state index contributed by atoms with van der Waals surface area (Å²) in [6.45, 7) is 8.96. The lowest BCUT2D eigenvalue weighted by Crippen LogP contribution is -2.35. The van der Waals surface area contributed by atoms with Crippen LogP contribution in [0.2, 0.25) is 0 Å². The summed E-state index contributed by atoms with van der Waals surface area (Å²) < 4.78 is 0. The predicted octanol–water partition coefficient (Wildman–Crippen LogP) is 1.99. The summed E-state index contributed by atoms with van der Waals surface area (Å²) in [5, 5.41) is 13.5. The van der Waals surface area contributed by atoms with Crippen LogP contribution in [0.25, 0.3) is 0 Å². The van der Waals surface area contributed by atoms with Crippen molar-refractivity contribution >= 4 is 16.5 Å². The quantitative estimate of drug-likeness (QED) is 0.874. The van der Waals surface area contributed by atoms with Crippen LogP contribution in [0.5, 0.6) is 0 Å². The van der Waals surface area contributed by atoms with Crippen LogP contribution >= 0.6 is 11.3 Å². The fourth-order valence-corrected chi connectivity index (χ4v) is 2.71. The Balaban J connectivity index is 1.71. The molecule has 0 bridgehead atoms. The van der Waals surface area contributed by atoms with E-state index in [0.29, 0.717) is 0 Å². The van der Waals surface area contributed by atoms with Crippen molar-refractivity contribution in [1.82, 2.24) is 15.1 Å². The zero-order valence-corrected chi connectivity index (χ0v) is 10.9. The third kappa shape index (κ3) is 3.15. The van der Waals surface area contributed by atoms with E-state index >= 15 is 0 Å². The fourth-order valence-electron chi connectivity index (χ4n) is 2.11. The van der Waals surface area contributed by atoms with Crippen LogP contribution in [0.1, 0.15) is 24.8 Å². The molecule has 0 unspecified atom stereocenters. The van der Waals surface area contributed by atoms with Gasteiger partial charge >= 0.3 is 0 Å². The van der Waals surface area contributed by atoms with Crippen molar-refractivity contribution in [2.45, 2.75) is 26.7 Å². The Labute approximate surface area is 101 Å². The van der Waals surface area contributed by atoms with Crippen molar-refractivity contribution < 1.29 is 0 Å².